The van der Waals surface area contributed by atoms with Crippen molar-refractivity contribution in [3.63, 3.8) is 0 Å². The number of benzene rings is 2. The largest absolute Gasteiger partial charge is 0.493 e. The first-order valence-electron chi connectivity index (χ1n) is 9.66. The van der Waals surface area contributed by atoms with Gasteiger partial charge in [0.2, 0.25) is 0 Å². The predicted octanol–water partition coefficient (Wildman–Crippen LogP) is 3.67. The van der Waals surface area contributed by atoms with Gasteiger partial charge in [-0.1, -0.05) is 11.8 Å². The fourth-order valence-corrected chi connectivity index (χ4v) is 3.99. The number of hydrogen-bond donors (Lipinski definition) is 2. The molecule has 176 valence electrons. The molecule has 0 saturated heterocycles. The van der Waals surface area contributed by atoms with E-state index in [2.05, 4.69) is 16.6 Å². The Hall–Kier alpha value is -3.23. The van der Waals surface area contributed by atoms with Crippen molar-refractivity contribution in [3.8, 4) is 17.6 Å². The van der Waals surface area contributed by atoms with Crippen molar-refractivity contribution in [1.82, 2.24) is 0 Å². The highest BCUT2D eigenvalue weighted by Crippen LogP contribution is 2.33. The van der Waals surface area contributed by atoms with E-state index in [1.165, 1.54) is 32.0 Å². The maximum absolute atomic E-state index is 13.2. The molecule has 7 nitrogen and oxygen atoms in total. The first kappa shape index (κ1) is 24.4. The third kappa shape index (κ3) is 5.77. The average Bonchev–Trinajstić information content (AvgIpc) is 3.19. The summed E-state index contributed by atoms with van der Waals surface area (Å²) < 4.78 is 78.0. The molecule has 11 heteroatoms. The lowest BCUT2D eigenvalue weighted by Crippen LogP contribution is -2.34. The fourth-order valence-electron chi connectivity index (χ4n) is 2.86. The van der Waals surface area contributed by atoms with E-state index in [1.807, 2.05) is 0 Å². The number of carbonyl (C=O) groups is 1. The molecule has 0 bridgehead atoms. The average molecular weight is 483 g/mol. The molecule has 33 heavy (non-hydrogen) atoms. The molecule has 2 aromatic carbocycles. The number of carboxylic acids is 1. The lowest BCUT2D eigenvalue weighted by Gasteiger charge is -2.17. The maximum Gasteiger partial charge on any atom is 0.416 e. The highest BCUT2D eigenvalue weighted by atomic mass is 32.2. The predicted molar refractivity (Wildman–Crippen MR) is 112 cm³/mol. The first-order valence-corrected chi connectivity index (χ1v) is 11.1. The van der Waals surface area contributed by atoms with Crippen molar-refractivity contribution in [2.45, 2.75) is 36.9 Å². The van der Waals surface area contributed by atoms with Gasteiger partial charge in [-0.3, -0.25) is 4.72 Å². The molecule has 1 heterocycles. The summed E-state index contributed by atoms with van der Waals surface area (Å²) in [6.45, 7) is 2.63. The summed E-state index contributed by atoms with van der Waals surface area (Å²) in [4.78, 5) is 11.0. The van der Waals surface area contributed by atoms with Gasteiger partial charge in [-0.15, -0.1) is 0 Å². The van der Waals surface area contributed by atoms with Crippen LogP contribution in [0.3, 0.4) is 0 Å². The second-order valence-electron chi connectivity index (χ2n) is 7.64. The van der Waals surface area contributed by atoms with Crippen LogP contribution in [0.15, 0.2) is 41.3 Å². The fraction of sp³-hybridized carbons (Fsp3) is 0.318. The van der Waals surface area contributed by atoms with Gasteiger partial charge in [0.25, 0.3) is 10.0 Å². The van der Waals surface area contributed by atoms with Crippen molar-refractivity contribution >= 4 is 21.7 Å². The zero-order chi connectivity index (χ0) is 24.4. The van der Waals surface area contributed by atoms with E-state index >= 15 is 0 Å². The smallest absolute Gasteiger partial charge is 0.416 e. The van der Waals surface area contributed by atoms with Crippen LogP contribution in [-0.2, 0) is 32.2 Å². The Morgan fingerprint density at radius 1 is 1.21 bits per heavy atom. The Balaban J connectivity index is 1.91. The third-order valence-electron chi connectivity index (χ3n) is 4.81. The lowest BCUT2D eigenvalue weighted by molar-refractivity contribution is -0.159. The van der Waals surface area contributed by atoms with Crippen LogP contribution in [0.4, 0.5) is 18.9 Å². The molecule has 0 radical (unpaired) electrons. The molecule has 0 fully saturated rings. The molecule has 3 rings (SSSR count). The molecule has 0 saturated carbocycles. The van der Waals surface area contributed by atoms with Crippen LogP contribution in [0, 0.1) is 11.8 Å². The van der Waals surface area contributed by atoms with Gasteiger partial charge >= 0.3 is 12.1 Å². The maximum atomic E-state index is 13.2. The van der Waals surface area contributed by atoms with Crippen LogP contribution >= 0.6 is 0 Å². The van der Waals surface area contributed by atoms with Crippen LogP contribution in [-0.4, -0.2) is 38.3 Å². The molecule has 1 aliphatic rings. The minimum Gasteiger partial charge on any atom is -0.493 e. The topological polar surface area (TPSA) is 102 Å². The van der Waals surface area contributed by atoms with Gasteiger partial charge in [0.15, 0.2) is 5.60 Å². The van der Waals surface area contributed by atoms with Crippen molar-refractivity contribution in [2.24, 2.45) is 0 Å². The third-order valence-corrected chi connectivity index (χ3v) is 6.17. The standard InChI is InChI=1S/C22H20F3NO6S/c1-21(2,20(27)28)32-10-3-4-14-12-16(22(23,24)25)5-7-18(14)26-33(29,30)17-6-8-19-15(13-17)9-11-31-19/h5-8,12-13,26H,9-11H2,1-2H3,(H,27,28). The summed E-state index contributed by atoms with van der Waals surface area (Å²) >= 11 is 0. The van der Waals surface area contributed by atoms with Crippen molar-refractivity contribution in [1.29, 1.82) is 0 Å². The number of aliphatic carboxylic acids is 1. The zero-order valence-corrected chi connectivity index (χ0v) is 18.4. The Morgan fingerprint density at radius 2 is 1.94 bits per heavy atom. The summed E-state index contributed by atoms with van der Waals surface area (Å²) in [5, 5.41) is 9.04. The Bertz CT molecular complexity index is 1240. The summed E-state index contributed by atoms with van der Waals surface area (Å²) in [5.74, 6) is 4.22. The molecule has 0 amide bonds. The van der Waals surface area contributed by atoms with Gasteiger partial charge in [0.1, 0.15) is 12.4 Å². The highest BCUT2D eigenvalue weighted by Gasteiger charge is 2.31. The molecule has 1 aliphatic heterocycles. The number of nitrogens with one attached hydrogen (secondary N) is 1. The van der Waals surface area contributed by atoms with E-state index in [4.69, 9.17) is 14.6 Å². The first-order chi connectivity index (χ1) is 15.3. The number of alkyl halides is 3. The number of ether oxygens (including phenoxy) is 2. The number of carboxylic acid groups (broad SMARTS) is 1. The Kier molecular flexibility index (Phi) is 6.63. The highest BCUT2D eigenvalue weighted by molar-refractivity contribution is 7.92. The number of rotatable bonds is 6. The van der Waals surface area contributed by atoms with Crippen LogP contribution in [0.2, 0.25) is 0 Å². The molecule has 0 atom stereocenters. The van der Waals surface area contributed by atoms with E-state index in [0.29, 0.717) is 30.4 Å². The molecular weight excluding hydrogens is 463 g/mol. The minimum absolute atomic E-state index is 0.0721. The lowest BCUT2D eigenvalue weighted by atomic mass is 10.1. The minimum atomic E-state index is -4.67. The van der Waals surface area contributed by atoms with Crippen molar-refractivity contribution in [3.05, 3.63) is 53.1 Å². The van der Waals surface area contributed by atoms with E-state index in [9.17, 15) is 26.4 Å². The van der Waals surface area contributed by atoms with Crippen molar-refractivity contribution in [2.75, 3.05) is 17.9 Å². The molecule has 2 aromatic rings. The van der Waals surface area contributed by atoms with Crippen LogP contribution in [0.5, 0.6) is 5.75 Å². The normalized spacial score (nSPS) is 13.5. The van der Waals surface area contributed by atoms with Gasteiger partial charge < -0.3 is 14.6 Å². The van der Waals surface area contributed by atoms with E-state index in [0.717, 1.165) is 12.1 Å². The van der Waals surface area contributed by atoms with Gasteiger partial charge in [0.05, 0.1) is 22.8 Å². The number of fused-ring (bicyclic) bond motifs is 1. The second kappa shape index (κ2) is 8.96. The van der Waals surface area contributed by atoms with E-state index in [-0.39, 0.29) is 16.1 Å². The summed E-state index contributed by atoms with van der Waals surface area (Å²) in [7, 11) is -4.13. The molecule has 0 aliphatic carbocycles. The molecule has 0 unspecified atom stereocenters. The van der Waals surface area contributed by atoms with E-state index < -0.39 is 39.9 Å². The summed E-state index contributed by atoms with van der Waals surface area (Å²) in [6, 6.07) is 6.73. The summed E-state index contributed by atoms with van der Waals surface area (Å²) in [6.07, 6.45) is -4.13. The van der Waals surface area contributed by atoms with Crippen LogP contribution in [0.25, 0.3) is 0 Å². The Labute approximate surface area is 188 Å². The monoisotopic (exact) mass is 483 g/mol. The number of hydrogen-bond acceptors (Lipinski definition) is 5. The summed E-state index contributed by atoms with van der Waals surface area (Å²) in [5.41, 5.74) is -2.26. The van der Waals surface area contributed by atoms with Gasteiger partial charge in [-0.2, -0.15) is 13.2 Å². The quantitative estimate of drug-likeness (QED) is 0.608. The van der Waals surface area contributed by atoms with Gasteiger partial charge in [0, 0.05) is 12.0 Å². The van der Waals surface area contributed by atoms with Gasteiger partial charge in [-0.05, 0) is 55.8 Å². The SMILES string of the molecule is CC(C)(OCC#Cc1cc(C(F)(F)F)ccc1NS(=O)(=O)c1ccc2c(c1)CCO2)C(=O)O. The molecule has 0 aromatic heterocycles. The van der Waals surface area contributed by atoms with E-state index in [1.54, 1.807) is 0 Å². The number of sulfonamides is 1. The van der Waals surface area contributed by atoms with Gasteiger partial charge in [-0.25, -0.2) is 13.2 Å². The van der Waals surface area contributed by atoms with Crippen LogP contribution < -0.4 is 9.46 Å². The van der Waals surface area contributed by atoms with Crippen LogP contribution in [0.1, 0.15) is 30.5 Å². The molecular formula is C22H20F3NO6S. The van der Waals surface area contributed by atoms with Crippen molar-refractivity contribution < 1.29 is 41.0 Å². The number of anilines is 1. The number of halogens is 3. The Morgan fingerprint density at radius 3 is 2.61 bits per heavy atom. The second-order valence-corrected chi connectivity index (χ2v) is 9.32. The zero-order valence-electron chi connectivity index (χ0n) is 17.6. The molecule has 0 spiro atoms. The molecule has 2 N–H and O–H groups in total.